The van der Waals surface area contributed by atoms with Gasteiger partial charge in [-0.15, -0.1) is 11.3 Å². The fraction of sp³-hybridized carbons (Fsp3) is 0.167. The fourth-order valence-electron chi connectivity index (χ4n) is 2.34. The number of thiophene rings is 1. The molecule has 0 spiro atoms. The number of aromatic nitrogens is 2. The molecule has 0 aliphatic carbocycles. The molecule has 0 aliphatic heterocycles. The third-order valence-corrected chi connectivity index (χ3v) is 5.32. The van der Waals surface area contributed by atoms with Crippen molar-refractivity contribution in [3.05, 3.63) is 62.5 Å². The molecule has 0 bridgehead atoms. The normalized spacial score (nSPS) is 10.8. The van der Waals surface area contributed by atoms with E-state index in [1.54, 1.807) is 30.3 Å². The summed E-state index contributed by atoms with van der Waals surface area (Å²) in [6.45, 7) is 4.03. The average Bonchev–Trinajstić information content (AvgIpc) is 3.24. The summed E-state index contributed by atoms with van der Waals surface area (Å²) in [6, 6.07) is 10.6. The first-order chi connectivity index (χ1) is 12.5. The molecular formula is C18H17BrN4O2S. The molecule has 3 N–H and O–H groups in total. The third-order valence-electron chi connectivity index (χ3n) is 3.65. The van der Waals surface area contributed by atoms with Crippen LogP contribution in [-0.4, -0.2) is 22.0 Å². The minimum Gasteiger partial charge on any atom is -0.321 e. The van der Waals surface area contributed by atoms with Gasteiger partial charge in [-0.05, 0) is 51.5 Å². The largest absolute Gasteiger partial charge is 0.321 e. The first-order valence-corrected chi connectivity index (χ1v) is 9.63. The first-order valence-electron chi connectivity index (χ1n) is 7.95. The molecule has 26 heavy (non-hydrogen) atoms. The van der Waals surface area contributed by atoms with Crippen LogP contribution < -0.4 is 10.6 Å². The van der Waals surface area contributed by atoms with Crippen LogP contribution in [0.15, 0.2) is 46.3 Å². The summed E-state index contributed by atoms with van der Waals surface area (Å²) in [7, 11) is 0. The molecule has 134 valence electrons. The zero-order valence-corrected chi connectivity index (χ0v) is 16.6. The van der Waals surface area contributed by atoms with Crippen LogP contribution in [0.2, 0.25) is 0 Å². The minimum atomic E-state index is -0.332. The van der Waals surface area contributed by atoms with Gasteiger partial charge < -0.3 is 10.6 Å². The lowest BCUT2D eigenvalue weighted by Crippen LogP contribution is -2.14. The Morgan fingerprint density at radius 1 is 1.12 bits per heavy atom. The Balaban J connectivity index is 1.72. The second-order valence-corrected chi connectivity index (χ2v) is 7.66. The number of carbonyl (C=O) groups is 2. The number of benzene rings is 1. The van der Waals surface area contributed by atoms with Crippen LogP contribution in [0.4, 0.5) is 11.4 Å². The Bertz CT molecular complexity index is 935. The lowest BCUT2D eigenvalue weighted by molar-refractivity contribution is 0.101. The van der Waals surface area contributed by atoms with E-state index >= 15 is 0 Å². The SMILES string of the molecule is CC(C)c1[nH]nc(C(=O)Nc2cccc(NC(=O)c3cccs3)c2)c1Br. The molecule has 0 atom stereocenters. The Kier molecular flexibility index (Phi) is 5.53. The van der Waals surface area contributed by atoms with Crippen molar-refractivity contribution in [3.8, 4) is 0 Å². The van der Waals surface area contributed by atoms with Crippen LogP contribution >= 0.6 is 27.3 Å². The minimum absolute atomic E-state index is 0.180. The molecule has 0 radical (unpaired) electrons. The third kappa shape index (κ3) is 4.03. The number of rotatable bonds is 5. The topological polar surface area (TPSA) is 86.9 Å². The van der Waals surface area contributed by atoms with E-state index in [1.807, 2.05) is 25.3 Å². The predicted molar refractivity (Wildman–Crippen MR) is 107 cm³/mol. The van der Waals surface area contributed by atoms with Crippen molar-refractivity contribution in [2.75, 3.05) is 10.6 Å². The molecule has 2 aromatic heterocycles. The van der Waals surface area contributed by atoms with Crippen molar-refractivity contribution in [3.63, 3.8) is 0 Å². The van der Waals surface area contributed by atoms with Crippen molar-refractivity contribution in [1.29, 1.82) is 0 Å². The van der Waals surface area contributed by atoms with Crippen LogP contribution in [0.1, 0.15) is 45.6 Å². The van der Waals surface area contributed by atoms with Gasteiger partial charge in [0.25, 0.3) is 11.8 Å². The number of hydrogen-bond donors (Lipinski definition) is 3. The van der Waals surface area contributed by atoms with Gasteiger partial charge in [0, 0.05) is 11.4 Å². The fourth-order valence-corrected chi connectivity index (χ4v) is 3.77. The van der Waals surface area contributed by atoms with Gasteiger partial charge in [-0.1, -0.05) is 26.0 Å². The van der Waals surface area contributed by atoms with E-state index in [9.17, 15) is 9.59 Å². The number of nitrogens with one attached hydrogen (secondary N) is 3. The highest BCUT2D eigenvalue weighted by atomic mass is 79.9. The smallest absolute Gasteiger partial charge is 0.277 e. The summed E-state index contributed by atoms with van der Waals surface area (Å²) >= 11 is 4.79. The van der Waals surface area contributed by atoms with Gasteiger partial charge in [-0.25, -0.2) is 0 Å². The van der Waals surface area contributed by atoms with Crippen LogP contribution in [0.5, 0.6) is 0 Å². The highest BCUT2D eigenvalue weighted by Gasteiger charge is 2.19. The maximum Gasteiger partial charge on any atom is 0.277 e. The average molecular weight is 433 g/mol. The molecule has 0 aliphatic rings. The number of anilines is 2. The molecule has 2 heterocycles. The van der Waals surface area contributed by atoms with Crippen LogP contribution in [0.3, 0.4) is 0 Å². The van der Waals surface area contributed by atoms with Gasteiger partial charge in [-0.2, -0.15) is 5.10 Å². The number of H-pyrrole nitrogens is 1. The van der Waals surface area contributed by atoms with Gasteiger partial charge in [0.1, 0.15) is 0 Å². The lowest BCUT2D eigenvalue weighted by Gasteiger charge is -2.08. The van der Waals surface area contributed by atoms with E-state index < -0.39 is 0 Å². The summed E-state index contributed by atoms with van der Waals surface area (Å²) in [5, 5.41) is 14.4. The van der Waals surface area contributed by atoms with Gasteiger partial charge in [0.2, 0.25) is 0 Å². The van der Waals surface area contributed by atoms with Crippen molar-refractivity contribution < 1.29 is 9.59 Å². The number of hydrogen-bond acceptors (Lipinski definition) is 4. The molecule has 8 heteroatoms. The van der Waals surface area contributed by atoms with E-state index in [-0.39, 0.29) is 17.7 Å². The number of nitrogens with zero attached hydrogens (tertiary/aromatic N) is 1. The molecular weight excluding hydrogens is 416 g/mol. The highest BCUT2D eigenvalue weighted by molar-refractivity contribution is 9.10. The van der Waals surface area contributed by atoms with E-state index in [0.29, 0.717) is 26.4 Å². The number of halogens is 1. The second-order valence-electron chi connectivity index (χ2n) is 5.92. The summed E-state index contributed by atoms with van der Waals surface area (Å²) in [6.07, 6.45) is 0. The Morgan fingerprint density at radius 3 is 2.38 bits per heavy atom. The van der Waals surface area contributed by atoms with Crippen molar-refractivity contribution in [2.24, 2.45) is 0 Å². The number of amides is 2. The maximum atomic E-state index is 12.5. The van der Waals surface area contributed by atoms with Crippen molar-refractivity contribution in [2.45, 2.75) is 19.8 Å². The molecule has 1 aromatic carbocycles. The highest BCUT2D eigenvalue weighted by Crippen LogP contribution is 2.26. The molecule has 0 unspecified atom stereocenters. The summed E-state index contributed by atoms with van der Waals surface area (Å²) in [5.41, 5.74) is 2.33. The quantitative estimate of drug-likeness (QED) is 0.537. The van der Waals surface area contributed by atoms with E-state index in [1.165, 1.54) is 11.3 Å². The van der Waals surface area contributed by atoms with E-state index in [4.69, 9.17) is 0 Å². The molecule has 0 fully saturated rings. The molecule has 2 amide bonds. The Hall–Kier alpha value is -2.45. The van der Waals surface area contributed by atoms with E-state index in [2.05, 4.69) is 36.8 Å². The molecule has 0 saturated heterocycles. The monoisotopic (exact) mass is 432 g/mol. The lowest BCUT2D eigenvalue weighted by atomic mass is 10.1. The maximum absolute atomic E-state index is 12.5. The van der Waals surface area contributed by atoms with Gasteiger partial charge in [-0.3, -0.25) is 14.7 Å². The van der Waals surface area contributed by atoms with Gasteiger partial charge >= 0.3 is 0 Å². The molecule has 3 aromatic rings. The van der Waals surface area contributed by atoms with Gasteiger partial charge in [0.15, 0.2) is 5.69 Å². The Labute approximate surface area is 163 Å². The standard InChI is InChI=1S/C18H17BrN4O2S/c1-10(2)15-14(19)16(23-22-15)18(25)21-12-6-3-5-11(9-12)20-17(24)13-7-4-8-26-13/h3-10H,1-2H3,(H,20,24)(H,21,25)(H,22,23). The van der Waals surface area contributed by atoms with Crippen molar-refractivity contribution in [1.82, 2.24) is 10.2 Å². The Morgan fingerprint density at radius 2 is 1.81 bits per heavy atom. The van der Waals surface area contributed by atoms with Gasteiger partial charge in [0.05, 0.1) is 15.0 Å². The van der Waals surface area contributed by atoms with Crippen molar-refractivity contribution >= 4 is 50.5 Å². The predicted octanol–water partition coefficient (Wildman–Crippen LogP) is 4.86. The number of aromatic amines is 1. The summed E-state index contributed by atoms with van der Waals surface area (Å²) < 4.78 is 0.659. The first kappa shape index (κ1) is 18.3. The molecule has 6 nitrogen and oxygen atoms in total. The zero-order valence-electron chi connectivity index (χ0n) is 14.2. The second kappa shape index (κ2) is 7.84. The van der Waals surface area contributed by atoms with Crippen LogP contribution in [0, 0.1) is 0 Å². The number of carbonyl (C=O) groups excluding carboxylic acids is 2. The molecule has 3 rings (SSSR count). The summed E-state index contributed by atoms with van der Waals surface area (Å²) in [4.78, 5) is 25.2. The van der Waals surface area contributed by atoms with Crippen LogP contribution in [-0.2, 0) is 0 Å². The van der Waals surface area contributed by atoms with E-state index in [0.717, 1.165) is 5.69 Å². The molecule has 0 saturated carbocycles. The van der Waals surface area contributed by atoms with Crippen LogP contribution in [0.25, 0.3) is 0 Å². The zero-order chi connectivity index (χ0) is 18.7. The summed E-state index contributed by atoms with van der Waals surface area (Å²) in [5.74, 6) is -0.295.